The molecule has 1 aromatic heterocycles. The molecule has 4 nitrogen and oxygen atoms in total. The van der Waals surface area contributed by atoms with Crippen LogP contribution in [0.15, 0.2) is 6.20 Å². The summed E-state index contributed by atoms with van der Waals surface area (Å²) in [4.78, 5) is 12.2. The van der Waals surface area contributed by atoms with E-state index < -0.39 is 0 Å². The van der Waals surface area contributed by atoms with Gasteiger partial charge in [-0.05, 0) is 32.3 Å². The maximum Gasteiger partial charge on any atom is 0.270 e. The monoisotopic (exact) mass is 235 g/mol. The first kappa shape index (κ1) is 12.1. The minimum Gasteiger partial charge on any atom is -0.348 e. The van der Waals surface area contributed by atoms with Gasteiger partial charge in [-0.3, -0.25) is 9.48 Å². The van der Waals surface area contributed by atoms with E-state index in [9.17, 15) is 4.79 Å². The van der Waals surface area contributed by atoms with Crippen molar-refractivity contribution < 1.29 is 4.79 Å². The highest BCUT2D eigenvalue weighted by Crippen LogP contribution is 2.18. The summed E-state index contributed by atoms with van der Waals surface area (Å²) in [7, 11) is 0. The van der Waals surface area contributed by atoms with E-state index in [4.69, 9.17) is 0 Å². The van der Waals surface area contributed by atoms with E-state index in [1.165, 1.54) is 19.3 Å². The zero-order valence-corrected chi connectivity index (χ0v) is 10.7. The van der Waals surface area contributed by atoms with E-state index >= 15 is 0 Å². The molecule has 1 aliphatic carbocycles. The van der Waals surface area contributed by atoms with Crippen molar-refractivity contribution in [2.75, 3.05) is 0 Å². The molecule has 0 unspecified atom stereocenters. The van der Waals surface area contributed by atoms with Gasteiger partial charge in [-0.15, -0.1) is 0 Å². The molecule has 0 saturated heterocycles. The lowest BCUT2D eigenvalue weighted by atomic mass is 9.95. The van der Waals surface area contributed by atoms with Crippen LogP contribution in [0, 0.1) is 6.92 Å². The fourth-order valence-electron chi connectivity index (χ4n) is 2.52. The van der Waals surface area contributed by atoms with Crippen LogP contribution in [-0.4, -0.2) is 21.7 Å². The third kappa shape index (κ3) is 2.68. The van der Waals surface area contributed by atoms with E-state index in [1.54, 1.807) is 10.9 Å². The molecular weight excluding hydrogens is 214 g/mol. The molecule has 1 N–H and O–H groups in total. The maximum atomic E-state index is 12.2. The summed E-state index contributed by atoms with van der Waals surface area (Å²) in [6, 6.07) is 0.357. The van der Waals surface area contributed by atoms with Crippen molar-refractivity contribution in [2.45, 2.75) is 58.5 Å². The molecule has 4 heteroatoms. The number of aromatic nitrogens is 2. The van der Waals surface area contributed by atoms with Gasteiger partial charge in [0.1, 0.15) is 5.69 Å². The minimum atomic E-state index is 0.0359. The Morgan fingerprint density at radius 2 is 2.18 bits per heavy atom. The summed E-state index contributed by atoms with van der Waals surface area (Å²) < 4.78 is 1.77. The molecule has 0 aliphatic heterocycles. The summed E-state index contributed by atoms with van der Waals surface area (Å²) in [5.41, 5.74) is 1.68. The molecule has 17 heavy (non-hydrogen) atoms. The number of amides is 1. The average Bonchev–Trinajstić information content (AvgIpc) is 2.71. The molecule has 0 bridgehead atoms. The summed E-state index contributed by atoms with van der Waals surface area (Å²) in [6.07, 6.45) is 7.77. The summed E-state index contributed by atoms with van der Waals surface area (Å²) in [5.74, 6) is 0.0359. The maximum absolute atomic E-state index is 12.2. The van der Waals surface area contributed by atoms with Gasteiger partial charge in [0.2, 0.25) is 0 Å². The van der Waals surface area contributed by atoms with Crippen LogP contribution in [0.1, 0.15) is 55.1 Å². The normalized spacial score (nSPS) is 17.1. The Hall–Kier alpha value is -1.32. The van der Waals surface area contributed by atoms with Gasteiger partial charge in [0, 0.05) is 12.6 Å². The van der Waals surface area contributed by atoms with Gasteiger partial charge in [-0.2, -0.15) is 5.10 Å². The molecule has 1 saturated carbocycles. The third-order valence-corrected chi connectivity index (χ3v) is 3.48. The van der Waals surface area contributed by atoms with Crippen molar-refractivity contribution in [2.24, 2.45) is 0 Å². The first-order valence-corrected chi connectivity index (χ1v) is 6.55. The molecular formula is C13H21N3O. The largest absolute Gasteiger partial charge is 0.348 e. The smallest absolute Gasteiger partial charge is 0.270 e. The predicted molar refractivity (Wildman–Crippen MR) is 67.0 cm³/mol. The van der Waals surface area contributed by atoms with Crippen LogP contribution in [0.25, 0.3) is 0 Å². The average molecular weight is 235 g/mol. The molecule has 94 valence electrons. The van der Waals surface area contributed by atoms with Gasteiger partial charge in [-0.1, -0.05) is 19.3 Å². The van der Waals surface area contributed by atoms with Gasteiger partial charge < -0.3 is 5.32 Å². The fraction of sp³-hybridized carbons (Fsp3) is 0.692. The van der Waals surface area contributed by atoms with Crippen LogP contribution < -0.4 is 5.32 Å². The molecule has 2 rings (SSSR count). The lowest BCUT2D eigenvalue weighted by molar-refractivity contribution is 0.0916. The van der Waals surface area contributed by atoms with E-state index in [-0.39, 0.29) is 5.91 Å². The summed E-state index contributed by atoms with van der Waals surface area (Å²) in [5, 5.41) is 7.34. The summed E-state index contributed by atoms with van der Waals surface area (Å²) >= 11 is 0. The highest BCUT2D eigenvalue weighted by atomic mass is 16.2. The number of hydrogen-bond acceptors (Lipinski definition) is 2. The van der Waals surface area contributed by atoms with Crippen LogP contribution in [-0.2, 0) is 6.54 Å². The van der Waals surface area contributed by atoms with Crippen molar-refractivity contribution in [1.29, 1.82) is 0 Å². The van der Waals surface area contributed by atoms with Gasteiger partial charge in [-0.25, -0.2) is 0 Å². The van der Waals surface area contributed by atoms with Crippen molar-refractivity contribution >= 4 is 5.91 Å². The lowest BCUT2D eigenvalue weighted by Gasteiger charge is -2.23. The number of rotatable bonds is 3. The van der Waals surface area contributed by atoms with Crippen molar-refractivity contribution in [3.8, 4) is 0 Å². The van der Waals surface area contributed by atoms with Crippen molar-refractivity contribution in [1.82, 2.24) is 15.1 Å². The van der Waals surface area contributed by atoms with E-state index in [0.29, 0.717) is 6.04 Å². The number of hydrogen-bond donors (Lipinski definition) is 1. The van der Waals surface area contributed by atoms with Gasteiger partial charge >= 0.3 is 0 Å². The van der Waals surface area contributed by atoms with Crippen LogP contribution in [0.3, 0.4) is 0 Å². The first-order chi connectivity index (χ1) is 8.22. The quantitative estimate of drug-likeness (QED) is 0.873. The number of carbonyl (C=O) groups is 1. The van der Waals surface area contributed by atoms with Crippen molar-refractivity contribution in [3.05, 3.63) is 17.5 Å². The second-order valence-electron chi connectivity index (χ2n) is 4.80. The van der Waals surface area contributed by atoms with Crippen LogP contribution in [0.4, 0.5) is 0 Å². The zero-order chi connectivity index (χ0) is 12.3. The molecule has 0 atom stereocenters. The Bertz CT molecular complexity index is 391. The highest BCUT2D eigenvalue weighted by Gasteiger charge is 2.20. The number of aryl methyl sites for hydroxylation is 2. The van der Waals surface area contributed by atoms with Crippen molar-refractivity contribution in [3.63, 3.8) is 0 Å². The number of nitrogens with zero attached hydrogens (tertiary/aromatic N) is 2. The van der Waals surface area contributed by atoms with Gasteiger partial charge in [0.25, 0.3) is 5.91 Å². The number of carbonyl (C=O) groups excluding carboxylic acids is 1. The van der Waals surface area contributed by atoms with E-state index in [0.717, 1.165) is 30.6 Å². The molecule has 1 aliphatic rings. The first-order valence-electron chi connectivity index (χ1n) is 6.55. The Kier molecular flexibility index (Phi) is 3.82. The second kappa shape index (κ2) is 5.34. The molecule has 0 aromatic carbocycles. The Labute approximate surface area is 102 Å². The fourth-order valence-corrected chi connectivity index (χ4v) is 2.52. The second-order valence-corrected chi connectivity index (χ2v) is 4.80. The topological polar surface area (TPSA) is 46.9 Å². The lowest BCUT2D eigenvalue weighted by Crippen LogP contribution is -2.37. The number of nitrogens with one attached hydrogen (secondary N) is 1. The molecule has 0 spiro atoms. The molecule has 1 fully saturated rings. The van der Waals surface area contributed by atoms with Crippen LogP contribution in [0.5, 0.6) is 0 Å². The SMILES string of the molecule is CCn1ncc(C)c1C(=O)NC1CCCCC1. The third-order valence-electron chi connectivity index (χ3n) is 3.48. The Balaban J connectivity index is 2.05. The minimum absolute atomic E-state index is 0.0359. The molecule has 1 amide bonds. The van der Waals surface area contributed by atoms with Crippen LogP contribution >= 0.6 is 0 Å². The Morgan fingerprint density at radius 3 is 2.82 bits per heavy atom. The Morgan fingerprint density at radius 1 is 1.47 bits per heavy atom. The predicted octanol–water partition coefficient (Wildman–Crippen LogP) is 2.27. The molecule has 0 radical (unpaired) electrons. The van der Waals surface area contributed by atoms with Gasteiger partial charge in [0.05, 0.1) is 6.20 Å². The molecule has 1 aromatic rings. The summed E-state index contributed by atoms with van der Waals surface area (Å²) in [6.45, 7) is 4.68. The van der Waals surface area contributed by atoms with E-state index in [2.05, 4.69) is 10.4 Å². The van der Waals surface area contributed by atoms with Gasteiger partial charge in [0.15, 0.2) is 0 Å². The zero-order valence-electron chi connectivity index (χ0n) is 10.7. The van der Waals surface area contributed by atoms with Crippen LogP contribution in [0.2, 0.25) is 0 Å². The van der Waals surface area contributed by atoms with E-state index in [1.807, 2.05) is 13.8 Å². The molecule has 1 heterocycles. The standard InChI is InChI=1S/C13H21N3O/c1-3-16-12(10(2)9-14-16)13(17)15-11-7-5-4-6-8-11/h9,11H,3-8H2,1-2H3,(H,15,17). The highest BCUT2D eigenvalue weighted by molar-refractivity contribution is 5.94.